The van der Waals surface area contributed by atoms with E-state index < -0.39 is 48.2 Å². The quantitative estimate of drug-likeness (QED) is 0.237. The number of hydrogen-bond acceptors (Lipinski definition) is 11. The molecule has 38 heavy (non-hydrogen) atoms. The number of methoxy groups -OCH3 is 4. The molecule has 1 unspecified atom stereocenters. The van der Waals surface area contributed by atoms with E-state index in [2.05, 4.69) is 20.9 Å². The standard InChI is InChI=1S/C24H31N5O9/c1-35-17-7-13(8-18(36-2)21(17)37-3)22(32)28-15-5-6-20(31)29(23(15)33)11-19(30)27-16(24(34)38-4)9-14-10-25-12-26-14/h7-8,12,14-16H,5-6,9-11H2,1-4H3,(H,25,26)(H,27,30)(H,28,32)/t14?,15-,16-/m0/s1. The average molecular weight is 534 g/mol. The SMILES string of the molecule is COC(=O)[C@H](CC1CN=CN1)NC(=O)CN1C(=O)CC[C@H](NC(=O)c2cc(OC)c(OC)c(OC)c2)C1=O. The molecule has 1 saturated heterocycles. The Kier molecular flexibility index (Phi) is 9.46. The summed E-state index contributed by atoms with van der Waals surface area (Å²) in [5.41, 5.74) is 0.138. The van der Waals surface area contributed by atoms with Gasteiger partial charge in [-0.15, -0.1) is 0 Å². The Hall–Kier alpha value is -4.36. The molecule has 2 aliphatic rings. The molecule has 3 N–H and O–H groups in total. The summed E-state index contributed by atoms with van der Waals surface area (Å²) < 4.78 is 20.5. The second-order valence-electron chi connectivity index (χ2n) is 8.53. The van der Waals surface area contributed by atoms with Gasteiger partial charge in [-0.1, -0.05) is 0 Å². The summed E-state index contributed by atoms with van der Waals surface area (Å²) in [5.74, 6) is -2.51. The number of benzene rings is 1. The molecule has 1 aromatic rings. The molecule has 0 spiro atoms. The highest BCUT2D eigenvalue weighted by molar-refractivity contribution is 6.06. The fraction of sp³-hybridized carbons (Fsp3) is 0.500. The maximum atomic E-state index is 13.1. The largest absolute Gasteiger partial charge is 0.493 e. The molecule has 1 fully saturated rings. The van der Waals surface area contributed by atoms with Gasteiger partial charge in [0.1, 0.15) is 18.6 Å². The number of amides is 4. The maximum Gasteiger partial charge on any atom is 0.328 e. The molecule has 0 radical (unpaired) electrons. The first-order valence-corrected chi connectivity index (χ1v) is 11.8. The van der Waals surface area contributed by atoms with Gasteiger partial charge in [-0.2, -0.15) is 0 Å². The van der Waals surface area contributed by atoms with Crippen molar-refractivity contribution < 1.29 is 42.9 Å². The number of esters is 1. The van der Waals surface area contributed by atoms with E-state index in [0.29, 0.717) is 12.3 Å². The molecule has 2 heterocycles. The second-order valence-corrected chi connectivity index (χ2v) is 8.53. The first kappa shape index (κ1) is 28.2. The number of piperidine rings is 1. The van der Waals surface area contributed by atoms with Crippen LogP contribution in [-0.4, -0.2) is 100 Å². The number of hydrogen-bond donors (Lipinski definition) is 3. The highest BCUT2D eigenvalue weighted by atomic mass is 16.5. The summed E-state index contributed by atoms with van der Waals surface area (Å²) in [4.78, 5) is 68.2. The number of imide groups is 1. The maximum absolute atomic E-state index is 13.1. The lowest BCUT2D eigenvalue weighted by Crippen LogP contribution is -2.57. The molecule has 0 saturated carbocycles. The average Bonchev–Trinajstić information content (AvgIpc) is 3.43. The van der Waals surface area contributed by atoms with Crippen molar-refractivity contribution in [2.45, 2.75) is 37.4 Å². The van der Waals surface area contributed by atoms with Crippen LogP contribution in [0.15, 0.2) is 17.1 Å². The van der Waals surface area contributed by atoms with Crippen LogP contribution in [0.1, 0.15) is 29.6 Å². The van der Waals surface area contributed by atoms with E-state index in [1.807, 2.05) is 0 Å². The minimum atomic E-state index is -1.05. The van der Waals surface area contributed by atoms with E-state index in [-0.39, 0.29) is 42.4 Å². The summed E-state index contributed by atoms with van der Waals surface area (Å²) >= 11 is 0. The lowest BCUT2D eigenvalue weighted by Gasteiger charge is -2.31. The van der Waals surface area contributed by atoms with Crippen LogP contribution in [0.25, 0.3) is 0 Å². The molecule has 0 bridgehead atoms. The van der Waals surface area contributed by atoms with Gasteiger partial charge in [-0.3, -0.25) is 29.1 Å². The molecule has 2 aliphatic heterocycles. The molecule has 206 valence electrons. The van der Waals surface area contributed by atoms with Gasteiger partial charge in [0, 0.05) is 24.4 Å². The highest BCUT2D eigenvalue weighted by Gasteiger charge is 2.37. The summed E-state index contributed by atoms with van der Waals surface area (Å²) in [6.45, 7) is -0.184. The van der Waals surface area contributed by atoms with E-state index in [9.17, 15) is 24.0 Å². The number of carbonyl (C=O) groups excluding carboxylic acids is 5. The summed E-state index contributed by atoms with van der Waals surface area (Å²) in [6, 6.07) is 0.628. The van der Waals surface area contributed by atoms with Crippen LogP contribution in [0.3, 0.4) is 0 Å². The number of nitrogens with one attached hydrogen (secondary N) is 3. The third-order valence-corrected chi connectivity index (χ3v) is 6.11. The number of carbonyl (C=O) groups is 5. The first-order valence-electron chi connectivity index (χ1n) is 11.8. The molecule has 1 aromatic carbocycles. The van der Waals surface area contributed by atoms with Gasteiger partial charge in [0.15, 0.2) is 11.5 Å². The van der Waals surface area contributed by atoms with E-state index in [1.165, 1.54) is 46.9 Å². The Morgan fingerprint density at radius 2 is 1.79 bits per heavy atom. The molecule has 14 nitrogen and oxygen atoms in total. The van der Waals surface area contributed by atoms with Gasteiger partial charge in [0.2, 0.25) is 17.6 Å². The Balaban J connectivity index is 1.67. The first-order chi connectivity index (χ1) is 18.2. The Morgan fingerprint density at radius 3 is 2.34 bits per heavy atom. The van der Waals surface area contributed by atoms with Gasteiger partial charge < -0.3 is 34.9 Å². The van der Waals surface area contributed by atoms with Crippen molar-refractivity contribution in [3.8, 4) is 17.2 Å². The van der Waals surface area contributed by atoms with Gasteiger partial charge >= 0.3 is 5.97 Å². The Bertz CT molecular complexity index is 1090. The van der Waals surface area contributed by atoms with Crippen LogP contribution in [-0.2, 0) is 23.9 Å². The molecular formula is C24H31N5O9. The Morgan fingerprint density at radius 1 is 1.11 bits per heavy atom. The van der Waals surface area contributed by atoms with Crippen LogP contribution < -0.4 is 30.2 Å². The summed E-state index contributed by atoms with van der Waals surface area (Å²) in [7, 11) is 5.43. The van der Waals surface area contributed by atoms with E-state index in [1.54, 1.807) is 0 Å². The smallest absolute Gasteiger partial charge is 0.328 e. The van der Waals surface area contributed by atoms with Crippen molar-refractivity contribution in [2.75, 3.05) is 41.5 Å². The lowest BCUT2D eigenvalue weighted by molar-refractivity contribution is -0.152. The number of rotatable bonds is 11. The van der Waals surface area contributed by atoms with Crippen LogP contribution in [0, 0.1) is 0 Å². The zero-order chi connectivity index (χ0) is 27.8. The van der Waals surface area contributed by atoms with Crippen LogP contribution >= 0.6 is 0 Å². The number of likely N-dealkylation sites (tertiary alicyclic amines) is 1. The van der Waals surface area contributed by atoms with Crippen molar-refractivity contribution >= 4 is 35.9 Å². The number of ether oxygens (including phenoxy) is 4. The summed E-state index contributed by atoms with van der Waals surface area (Å²) in [5, 5.41) is 8.08. The second kappa shape index (κ2) is 12.7. The molecule has 3 atom stereocenters. The third-order valence-electron chi connectivity index (χ3n) is 6.11. The van der Waals surface area contributed by atoms with Gasteiger partial charge in [-0.25, -0.2) is 4.79 Å². The zero-order valence-corrected chi connectivity index (χ0v) is 21.6. The zero-order valence-electron chi connectivity index (χ0n) is 21.6. The Labute approximate surface area is 219 Å². The van der Waals surface area contributed by atoms with Crippen LogP contribution in [0.5, 0.6) is 17.2 Å². The third kappa shape index (κ3) is 6.49. The van der Waals surface area contributed by atoms with Crippen molar-refractivity contribution in [1.82, 2.24) is 20.9 Å². The minimum absolute atomic E-state index is 0.0596. The van der Waals surface area contributed by atoms with Crippen LogP contribution in [0.2, 0.25) is 0 Å². The van der Waals surface area contributed by atoms with Crippen molar-refractivity contribution in [3.05, 3.63) is 17.7 Å². The molecule has 3 rings (SSSR count). The summed E-state index contributed by atoms with van der Waals surface area (Å²) in [6.07, 6.45) is 1.71. The minimum Gasteiger partial charge on any atom is -0.493 e. The fourth-order valence-corrected chi connectivity index (χ4v) is 4.15. The van der Waals surface area contributed by atoms with Crippen LogP contribution in [0.4, 0.5) is 0 Å². The monoisotopic (exact) mass is 533 g/mol. The number of aliphatic imine (C=N–C) groups is 1. The molecule has 0 aromatic heterocycles. The molecule has 0 aliphatic carbocycles. The van der Waals surface area contributed by atoms with Gasteiger partial charge in [0.25, 0.3) is 11.8 Å². The van der Waals surface area contributed by atoms with Gasteiger partial charge in [-0.05, 0) is 18.6 Å². The molecule has 4 amide bonds. The van der Waals surface area contributed by atoms with E-state index >= 15 is 0 Å². The molecular weight excluding hydrogens is 502 g/mol. The molecule has 14 heteroatoms. The fourth-order valence-electron chi connectivity index (χ4n) is 4.15. The topological polar surface area (TPSA) is 174 Å². The lowest BCUT2D eigenvalue weighted by atomic mass is 10.0. The predicted molar refractivity (Wildman–Crippen MR) is 132 cm³/mol. The van der Waals surface area contributed by atoms with Crippen molar-refractivity contribution in [3.63, 3.8) is 0 Å². The normalized spacial score (nSPS) is 19.3. The van der Waals surface area contributed by atoms with Crippen molar-refractivity contribution in [1.29, 1.82) is 0 Å². The predicted octanol–water partition coefficient (Wildman–Crippen LogP) is -0.992. The van der Waals surface area contributed by atoms with E-state index in [0.717, 1.165) is 4.90 Å². The highest BCUT2D eigenvalue weighted by Crippen LogP contribution is 2.38. The van der Waals surface area contributed by atoms with Crippen molar-refractivity contribution in [2.24, 2.45) is 4.99 Å². The number of nitrogens with zero attached hydrogens (tertiary/aromatic N) is 2. The van der Waals surface area contributed by atoms with E-state index in [4.69, 9.17) is 18.9 Å². The van der Waals surface area contributed by atoms with Gasteiger partial charge in [0.05, 0.1) is 41.3 Å².